The molecule has 0 spiro atoms. The predicted octanol–water partition coefficient (Wildman–Crippen LogP) is 1.03. The van der Waals surface area contributed by atoms with E-state index >= 15 is 0 Å². The number of rotatable bonds is 3. The van der Waals surface area contributed by atoms with Crippen LogP contribution in [0, 0.1) is 19.7 Å². The molecule has 1 aliphatic heterocycles. The lowest BCUT2D eigenvalue weighted by Gasteiger charge is -2.32. The molecular weight excluding hydrogens is 351 g/mol. The summed E-state index contributed by atoms with van der Waals surface area (Å²) >= 11 is 0. The number of likely N-dealkylation sites (N-methyl/N-ethyl adjacent to an activating group) is 1. The maximum atomic E-state index is 14.3. The van der Waals surface area contributed by atoms with Crippen molar-refractivity contribution < 1.29 is 14.0 Å². The van der Waals surface area contributed by atoms with E-state index in [2.05, 4.69) is 10.2 Å². The van der Waals surface area contributed by atoms with Crippen molar-refractivity contribution in [2.75, 3.05) is 26.7 Å². The highest BCUT2D eigenvalue weighted by atomic mass is 19.1. The highest BCUT2D eigenvalue weighted by molar-refractivity contribution is 5.97. The fourth-order valence-electron chi connectivity index (χ4n) is 2.99. The largest absolute Gasteiger partial charge is 0.342 e. The molecule has 142 valence electrons. The van der Waals surface area contributed by atoms with E-state index in [1.807, 2.05) is 0 Å². The van der Waals surface area contributed by atoms with Crippen LogP contribution in [0.5, 0.6) is 0 Å². The van der Waals surface area contributed by atoms with Gasteiger partial charge in [0.05, 0.1) is 11.3 Å². The number of carbonyl (C=O) groups excluding carboxylic acids is 2. The fourth-order valence-corrected chi connectivity index (χ4v) is 2.99. The van der Waals surface area contributed by atoms with Gasteiger partial charge in [-0.25, -0.2) is 9.49 Å². The maximum Gasteiger partial charge on any atom is 0.267 e. The first-order valence-electron chi connectivity index (χ1n) is 8.64. The van der Waals surface area contributed by atoms with Crippen LogP contribution in [0.25, 0.3) is 0 Å². The number of hydrogen-bond donors (Lipinski definition) is 1. The molecule has 0 unspecified atom stereocenters. The molecule has 0 saturated carbocycles. The summed E-state index contributed by atoms with van der Waals surface area (Å²) in [6, 6.07) is 4.32. The first kappa shape index (κ1) is 18.8. The molecule has 0 aliphatic carbocycles. The average molecular weight is 372 g/mol. The van der Waals surface area contributed by atoms with E-state index in [9.17, 15) is 18.8 Å². The summed E-state index contributed by atoms with van der Waals surface area (Å²) in [6.45, 7) is 4.25. The van der Waals surface area contributed by atoms with Gasteiger partial charge in [-0.15, -0.1) is 0 Å². The van der Waals surface area contributed by atoms with Gasteiger partial charge in [0.2, 0.25) is 5.91 Å². The minimum absolute atomic E-state index is 0.0568. The minimum Gasteiger partial charge on any atom is -0.342 e. The normalized spacial score (nSPS) is 14.6. The SMILES string of the molecule is Cc1c(Cc2ccc(F)c(C(=O)N3CCN(C)C(=O)C3)c2)n[nH]c(=O)c1C. The van der Waals surface area contributed by atoms with Gasteiger partial charge in [0.15, 0.2) is 0 Å². The summed E-state index contributed by atoms with van der Waals surface area (Å²) in [5.74, 6) is -1.30. The number of nitrogens with zero attached hydrogens (tertiary/aromatic N) is 3. The second-order valence-electron chi connectivity index (χ2n) is 6.78. The zero-order valence-corrected chi connectivity index (χ0v) is 15.5. The summed E-state index contributed by atoms with van der Waals surface area (Å²) in [4.78, 5) is 39.0. The Bertz CT molecular complexity index is 970. The molecule has 1 aliphatic rings. The van der Waals surface area contributed by atoms with E-state index < -0.39 is 11.7 Å². The number of aromatic amines is 1. The van der Waals surface area contributed by atoms with Crippen molar-refractivity contribution in [2.45, 2.75) is 20.3 Å². The Morgan fingerprint density at radius 1 is 1.22 bits per heavy atom. The molecule has 2 heterocycles. The number of piperazine rings is 1. The van der Waals surface area contributed by atoms with E-state index in [4.69, 9.17) is 0 Å². The van der Waals surface area contributed by atoms with Crippen molar-refractivity contribution >= 4 is 11.8 Å². The molecular formula is C19H21FN4O3. The van der Waals surface area contributed by atoms with Gasteiger partial charge in [-0.05, 0) is 37.1 Å². The Morgan fingerprint density at radius 3 is 2.67 bits per heavy atom. The van der Waals surface area contributed by atoms with Crippen LogP contribution in [0.1, 0.15) is 32.7 Å². The van der Waals surface area contributed by atoms with Crippen molar-refractivity contribution in [3.05, 3.63) is 62.3 Å². The minimum atomic E-state index is -0.627. The molecule has 1 aromatic carbocycles. The second kappa shape index (κ2) is 7.30. The molecule has 27 heavy (non-hydrogen) atoms. The molecule has 0 atom stereocenters. The fraction of sp³-hybridized carbons (Fsp3) is 0.368. The van der Waals surface area contributed by atoms with E-state index in [-0.39, 0.29) is 23.6 Å². The van der Waals surface area contributed by atoms with Gasteiger partial charge >= 0.3 is 0 Å². The van der Waals surface area contributed by atoms with Crippen LogP contribution in [-0.2, 0) is 11.2 Å². The van der Waals surface area contributed by atoms with Crippen LogP contribution in [0.3, 0.4) is 0 Å². The molecule has 7 nitrogen and oxygen atoms in total. The predicted molar refractivity (Wildman–Crippen MR) is 97.1 cm³/mol. The van der Waals surface area contributed by atoms with Gasteiger partial charge in [-0.1, -0.05) is 6.07 Å². The van der Waals surface area contributed by atoms with Gasteiger partial charge in [0.1, 0.15) is 12.4 Å². The number of carbonyl (C=O) groups is 2. The van der Waals surface area contributed by atoms with Gasteiger partial charge in [-0.3, -0.25) is 14.4 Å². The molecule has 1 fully saturated rings. The molecule has 2 aromatic rings. The van der Waals surface area contributed by atoms with Gasteiger partial charge in [-0.2, -0.15) is 5.10 Å². The van der Waals surface area contributed by atoms with E-state index in [1.165, 1.54) is 17.0 Å². The number of hydrogen-bond acceptors (Lipinski definition) is 4. The second-order valence-corrected chi connectivity index (χ2v) is 6.78. The standard InChI is InChI=1S/C19H21FN4O3/c1-11-12(2)18(26)22-21-16(11)9-13-4-5-15(20)14(8-13)19(27)24-7-6-23(3)17(25)10-24/h4-5,8H,6-7,9-10H2,1-3H3,(H,22,26). The number of benzene rings is 1. The van der Waals surface area contributed by atoms with Crippen molar-refractivity contribution in [1.29, 1.82) is 0 Å². The summed E-state index contributed by atoms with van der Waals surface area (Å²) in [7, 11) is 1.67. The Labute approximate surface area is 155 Å². The lowest BCUT2D eigenvalue weighted by Crippen LogP contribution is -2.50. The third-order valence-corrected chi connectivity index (χ3v) is 5.01. The lowest BCUT2D eigenvalue weighted by molar-refractivity contribution is -0.133. The monoisotopic (exact) mass is 372 g/mol. The molecule has 2 amide bonds. The first-order chi connectivity index (χ1) is 12.8. The van der Waals surface area contributed by atoms with Crippen LogP contribution in [0.4, 0.5) is 4.39 Å². The molecule has 0 bridgehead atoms. The molecule has 1 N–H and O–H groups in total. The van der Waals surface area contributed by atoms with Crippen molar-refractivity contribution in [3.8, 4) is 0 Å². The summed E-state index contributed by atoms with van der Waals surface area (Å²) in [5, 5.41) is 6.50. The van der Waals surface area contributed by atoms with Crippen molar-refractivity contribution in [1.82, 2.24) is 20.0 Å². The Hall–Kier alpha value is -3.03. The van der Waals surface area contributed by atoms with Crippen LogP contribution in [0.2, 0.25) is 0 Å². The maximum absolute atomic E-state index is 14.3. The number of amides is 2. The first-order valence-corrected chi connectivity index (χ1v) is 8.64. The van der Waals surface area contributed by atoms with E-state index in [0.717, 1.165) is 5.56 Å². The third-order valence-electron chi connectivity index (χ3n) is 5.01. The zero-order valence-electron chi connectivity index (χ0n) is 15.5. The average Bonchev–Trinajstić information content (AvgIpc) is 2.65. The number of aromatic nitrogens is 2. The molecule has 1 saturated heterocycles. The van der Waals surface area contributed by atoms with Crippen molar-refractivity contribution in [3.63, 3.8) is 0 Å². The Balaban J connectivity index is 1.86. The van der Waals surface area contributed by atoms with E-state index in [1.54, 1.807) is 31.9 Å². The third kappa shape index (κ3) is 3.74. The molecule has 8 heteroatoms. The number of nitrogens with one attached hydrogen (secondary N) is 1. The summed E-state index contributed by atoms with van der Waals surface area (Å²) in [6.07, 6.45) is 0.353. The van der Waals surface area contributed by atoms with Gasteiger partial charge in [0.25, 0.3) is 11.5 Å². The smallest absolute Gasteiger partial charge is 0.267 e. The molecule has 0 radical (unpaired) electrons. The zero-order chi connectivity index (χ0) is 19.7. The molecule has 3 rings (SSSR count). The Morgan fingerprint density at radius 2 is 1.96 bits per heavy atom. The topological polar surface area (TPSA) is 86.4 Å². The highest BCUT2D eigenvalue weighted by Crippen LogP contribution is 2.18. The van der Waals surface area contributed by atoms with Crippen LogP contribution in [-0.4, -0.2) is 58.5 Å². The lowest BCUT2D eigenvalue weighted by atomic mass is 10.0. The van der Waals surface area contributed by atoms with Gasteiger partial charge < -0.3 is 9.80 Å². The number of H-pyrrole nitrogens is 1. The number of halogens is 1. The van der Waals surface area contributed by atoms with Crippen LogP contribution < -0.4 is 5.56 Å². The highest BCUT2D eigenvalue weighted by Gasteiger charge is 2.27. The van der Waals surface area contributed by atoms with Crippen LogP contribution in [0.15, 0.2) is 23.0 Å². The summed E-state index contributed by atoms with van der Waals surface area (Å²) in [5.41, 5.74) is 2.39. The quantitative estimate of drug-likeness (QED) is 0.872. The van der Waals surface area contributed by atoms with E-state index in [0.29, 0.717) is 36.3 Å². The molecule has 1 aromatic heterocycles. The van der Waals surface area contributed by atoms with Crippen LogP contribution >= 0.6 is 0 Å². The van der Waals surface area contributed by atoms with Crippen molar-refractivity contribution in [2.24, 2.45) is 0 Å². The van der Waals surface area contributed by atoms with Gasteiger partial charge in [0, 0.05) is 32.1 Å². The Kier molecular flexibility index (Phi) is 5.07. The summed E-state index contributed by atoms with van der Waals surface area (Å²) < 4.78 is 14.3.